The van der Waals surface area contributed by atoms with Crippen LogP contribution in [0.1, 0.15) is 40.2 Å². The minimum absolute atomic E-state index is 0.261. The van der Waals surface area contributed by atoms with Gasteiger partial charge >= 0.3 is 6.09 Å². The third-order valence-electron chi connectivity index (χ3n) is 3.57. The fourth-order valence-electron chi connectivity index (χ4n) is 2.01. The first-order valence-electron chi connectivity index (χ1n) is 7.41. The quantitative estimate of drug-likeness (QED) is 0.877. The topological polar surface area (TPSA) is 58.6 Å². The standard InChI is InChI=1S/C17H26FNO3/c1-12(20)17(5,10-13-6-8-14(18)9-7-13)11-19-15(21)22-16(2,3)4/h6-9,12,20H,10-11H2,1-5H3,(H,19,21). The monoisotopic (exact) mass is 311 g/mol. The second-order valence-corrected chi connectivity index (χ2v) is 6.99. The van der Waals surface area contributed by atoms with Crippen molar-refractivity contribution in [1.29, 1.82) is 0 Å². The highest BCUT2D eigenvalue weighted by Crippen LogP contribution is 2.26. The van der Waals surface area contributed by atoms with Gasteiger partial charge in [-0.3, -0.25) is 0 Å². The molecule has 124 valence electrons. The molecule has 0 radical (unpaired) electrons. The normalized spacial score (nSPS) is 15.8. The van der Waals surface area contributed by atoms with Crippen molar-refractivity contribution in [3.8, 4) is 0 Å². The molecule has 0 aliphatic heterocycles. The van der Waals surface area contributed by atoms with Crippen LogP contribution < -0.4 is 5.32 Å². The predicted molar refractivity (Wildman–Crippen MR) is 84.1 cm³/mol. The Labute approximate surface area is 131 Å². The molecular weight excluding hydrogens is 285 g/mol. The third kappa shape index (κ3) is 6.02. The van der Waals surface area contributed by atoms with E-state index in [1.807, 2.05) is 6.92 Å². The van der Waals surface area contributed by atoms with Gasteiger partial charge in [0.05, 0.1) is 6.10 Å². The van der Waals surface area contributed by atoms with Crippen LogP contribution in [0.15, 0.2) is 24.3 Å². The van der Waals surface area contributed by atoms with Crippen molar-refractivity contribution in [1.82, 2.24) is 5.32 Å². The predicted octanol–water partition coefficient (Wildman–Crippen LogP) is 3.28. The van der Waals surface area contributed by atoms with E-state index in [4.69, 9.17) is 4.74 Å². The van der Waals surface area contributed by atoms with Gasteiger partial charge in [0.15, 0.2) is 0 Å². The lowest BCUT2D eigenvalue weighted by atomic mass is 9.79. The smallest absolute Gasteiger partial charge is 0.407 e. The Hall–Kier alpha value is -1.62. The second-order valence-electron chi connectivity index (χ2n) is 6.99. The zero-order valence-electron chi connectivity index (χ0n) is 13.9. The maximum absolute atomic E-state index is 13.0. The first-order valence-corrected chi connectivity index (χ1v) is 7.41. The van der Waals surface area contributed by atoms with Crippen LogP contribution in [0.3, 0.4) is 0 Å². The van der Waals surface area contributed by atoms with Crippen LogP contribution in [-0.2, 0) is 11.2 Å². The first-order chi connectivity index (χ1) is 10.0. The van der Waals surface area contributed by atoms with E-state index in [9.17, 15) is 14.3 Å². The van der Waals surface area contributed by atoms with E-state index in [0.717, 1.165) is 5.56 Å². The minimum atomic E-state index is -0.646. The maximum atomic E-state index is 13.0. The van der Waals surface area contributed by atoms with E-state index in [1.54, 1.807) is 39.8 Å². The van der Waals surface area contributed by atoms with E-state index in [1.165, 1.54) is 12.1 Å². The summed E-state index contributed by atoms with van der Waals surface area (Å²) in [4.78, 5) is 11.8. The Kier molecular flexibility index (Phi) is 5.94. The summed E-state index contributed by atoms with van der Waals surface area (Å²) in [7, 11) is 0. The molecule has 2 atom stereocenters. The lowest BCUT2D eigenvalue weighted by molar-refractivity contribution is 0.0336. The Morgan fingerprint density at radius 2 is 1.82 bits per heavy atom. The fourth-order valence-corrected chi connectivity index (χ4v) is 2.01. The zero-order valence-corrected chi connectivity index (χ0v) is 13.9. The molecule has 4 nitrogen and oxygen atoms in total. The van der Waals surface area contributed by atoms with E-state index < -0.39 is 23.2 Å². The summed E-state index contributed by atoms with van der Waals surface area (Å²) in [5, 5.41) is 12.8. The molecule has 0 spiro atoms. The van der Waals surface area contributed by atoms with E-state index >= 15 is 0 Å². The number of rotatable bonds is 5. The molecule has 0 heterocycles. The molecule has 0 saturated carbocycles. The Morgan fingerprint density at radius 1 is 1.27 bits per heavy atom. The van der Waals surface area contributed by atoms with Gasteiger partial charge in [0.25, 0.3) is 0 Å². The van der Waals surface area contributed by atoms with E-state index in [0.29, 0.717) is 6.42 Å². The zero-order chi connectivity index (χ0) is 17.0. The van der Waals surface area contributed by atoms with Crippen LogP contribution in [0.25, 0.3) is 0 Å². The maximum Gasteiger partial charge on any atom is 0.407 e. The number of carbonyl (C=O) groups excluding carboxylic acids is 1. The Balaban J connectivity index is 2.71. The molecule has 0 aliphatic carbocycles. The molecule has 2 unspecified atom stereocenters. The molecule has 5 heteroatoms. The van der Waals surface area contributed by atoms with Gasteiger partial charge in [0.2, 0.25) is 0 Å². The number of carbonyl (C=O) groups is 1. The van der Waals surface area contributed by atoms with Gasteiger partial charge in [-0.2, -0.15) is 0 Å². The Bertz CT molecular complexity index is 494. The lowest BCUT2D eigenvalue weighted by Crippen LogP contribution is -2.45. The van der Waals surface area contributed by atoms with Crippen molar-refractivity contribution in [3.05, 3.63) is 35.6 Å². The van der Waals surface area contributed by atoms with E-state index in [2.05, 4.69) is 5.32 Å². The van der Waals surface area contributed by atoms with Gasteiger partial charge in [0.1, 0.15) is 11.4 Å². The highest BCUT2D eigenvalue weighted by molar-refractivity contribution is 5.67. The number of aliphatic hydroxyl groups is 1. The number of hydrogen-bond acceptors (Lipinski definition) is 3. The molecule has 1 rings (SSSR count). The summed E-state index contributed by atoms with van der Waals surface area (Å²) in [5.74, 6) is -0.297. The van der Waals surface area contributed by atoms with Gasteiger partial charge < -0.3 is 15.2 Å². The molecule has 2 N–H and O–H groups in total. The number of ether oxygens (including phenoxy) is 1. The molecular formula is C17H26FNO3. The lowest BCUT2D eigenvalue weighted by Gasteiger charge is -2.33. The summed E-state index contributed by atoms with van der Waals surface area (Å²) in [6.45, 7) is 9.19. The summed E-state index contributed by atoms with van der Waals surface area (Å²) >= 11 is 0. The van der Waals surface area contributed by atoms with Gasteiger partial charge in [-0.1, -0.05) is 19.1 Å². The number of amides is 1. The molecule has 0 saturated heterocycles. The van der Waals surface area contributed by atoms with Crippen molar-refractivity contribution in [2.45, 2.75) is 52.7 Å². The van der Waals surface area contributed by atoms with Gasteiger partial charge in [0, 0.05) is 12.0 Å². The minimum Gasteiger partial charge on any atom is -0.444 e. The molecule has 1 amide bonds. The fraction of sp³-hybridized carbons (Fsp3) is 0.588. The number of alkyl carbamates (subject to hydrolysis) is 1. The van der Waals surface area contributed by atoms with Crippen LogP contribution in [0.4, 0.5) is 9.18 Å². The van der Waals surface area contributed by atoms with Crippen LogP contribution >= 0.6 is 0 Å². The van der Waals surface area contributed by atoms with Gasteiger partial charge in [-0.25, -0.2) is 9.18 Å². The van der Waals surface area contributed by atoms with Crippen molar-refractivity contribution in [2.24, 2.45) is 5.41 Å². The van der Waals surface area contributed by atoms with Crippen molar-refractivity contribution in [3.63, 3.8) is 0 Å². The highest BCUT2D eigenvalue weighted by Gasteiger charge is 2.31. The SMILES string of the molecule is CC(O)C(C)(CNC(=O)OC(C)(C)C)Cc1ccc(F)cc1. The van der Waals surface area contributed by atoms with Crippen LogP contribution in [0.5, 0.6) is 0 Å². The number of hydrogen-bond donors (Lipinski definition) is 2. The molecule has 22 heavy (non-hydrogen) atoms. The van der Waals surface area contributed by atoms with Crippen LogP contribution in [-0.4, -0.2) is 29.4 Å². The molecule has 0 fully saturated rings. The largest absolute Gasteiger partial charge is 0.444 e. The van der Waals surface area contributed by atoms with Gasteiger partial charge in [-0.15, -0.1) is 0 Å². The average Bonchev–Trinajstić information content (AvgIpc) is 2.37. The molecule has 0 aliphatic rings. The van der Waals surface area contributed by atoms with E-state index in [-0.39, 0.29) is 12.4 Å². The van der Waals surface area contributed by atoms with Gasteiger partial charge in [-0.05, 0) is 51.8 Å². The third-order valence-corrected chi connectivity index (χ3v) is 3.57. The average molecular weight is 311 g/mol. The second kappa shape index (κ2) is 7.09. The van der Waals surface area contributed by atoms with Crippen molar-refractivity contribution in [2.75, 3.05) is 6.54 Å². The molecule has 0 aromatic heterocycles. The number of benzene rings is 1. The first kappa shape index (κ1) is 18.4. The number of halogens is 1. The molecule has 1 aromatic rings. The number of aliphatic hydroxyl groups excluding tert-OH is 1. The summed E-state index contributed by atoms with van der Waals surface area (Å²) in [6.07, 6.45) is -0.647. The summed E-state index contributed by atoms with van der Waals surface area (Å²) in [5.41, 5.74) is -0.243. The number of nitrogens with one attached hydrogen (secondary N) is 1. The molecule has 1 aromatic carbocycles. The summed E-state index contributed by atoms with van der Waals surface area (Å²) in [6, 6.07) is 6.14. The van der Waals surface area contributed by atoms with Crippen molar-refractivity contribution < 1.29 is 19.0 Å². The van der Waals surface area contributed by atoms with Crippen LogP contribution in [0, 0.1) is 11.2 Å². The van der Waals surface area contributed by atoms with Crippen LogP contribution in [0.2, 0.25) is 0 Å². The Morgan fingerprint density at radius 3 is 2.27 bits per heavy atom. The van der Waals surface area contributed by atoms with Crippen molar-refractivity contribution >= 4 is 6.09 Å². The molecule has 0 bridgehead atoms. The summed E-state index contributed by atoms with van der Waals surface area (Å²) < 4.78 is 18.2. The highest BCUT2D eigenvalue weighted by atomic mass is 19.1.